The van der Waals surface area contributed by atoms with Gasteiger partial charge in [-0.3, -0.25) is 0 Å². The van der Waals surface area contributed by atoms with E-state index in [1.54, 1.807) is 0 Å². The molecule has 2 aliphatic rings. The molecule has 2 fully saturated rings. The fourth-order valence-electron chi connectivity index (χ4n) is 3.53. The van der Waals surface area contributed by atoms with Crippen LogP contribution in [0.25, 0.3) is 0 Å². The van der Waals surface area contributed by atoms with Crippen LogP contribution in [0, 0.1) is 11.8 Å². The predicted octanol–water partition coefficient (Wildman–Crippen LogP) is 2.56. The molecule has 0 aliphatic carbocycles. The SMILES string of the molecule is CCC(C(CC)C1(C)OCCO1)C1(C)OCCO1. The van der Waals surface area contributed by atoms with E-state index in [1.165, 1.54) is 0 Å². The first-order chi connectivity index (χ1) is 8.56. The van der Waals surface area contributed by atoms with Crippen LogP contribution < -0.4 is 0 Å². The molecule has 2 aliphatic heterocycles. The smallest absolute Gasteiger partial charge is 0.168 e. The molecule has 18 heavy (non-hydrogen) atoms. The first-order valence-corrected chi connectivity index (χ1v) is 7.11. The molecular formula is C14H26O4. The van der Waals surface area contributed by atoms with Gasteiger partial charge in [-0.05, 0) is 26.7 Å². The van der Waals surface area contributed by atoms with Gasteiger partial charge in [0, 0.05) is 11.8 Å². The van der Waals surface area contributed by atoms with Crippen LogP contribution in [-0.2, 0) is 18.9 Å². The Morgan fingerprint density at radius 2 is 1.00 bits per heavy atom. The third-order valence-corrected chi connectivity index (χ3v) is 4.43. The maximum atomic E-state index is 5.85. The quantitative estimate of drug-likeness (QED) is 0.759. The van der Waals surface area contributed by atoms with E-state index in [9.17, 15) is 0 Å². The van der Waals surface area contributed by atoms with Crippen molar-refractivity contribution in [3.05, 3.63) is 0 Å². The Morgan fingerprint density at radius 1 is 0.722 bits per heavy atom. The summed E-state index contributed by atoms with van der Waals surface area (Å²) in [5, 5.41) is 0. The molecule has 0 spiro atoms. The van der Waals surface area contributed by atoms with E-state index >= 15 is 0 Å². The summed E-state index contributed by atoms with van der Waals surface area (Å²) in [6, 6.07) is 0. The third kappa shape index (κ3) is 2.44. The molecule has 2 saturated heterocycles. The van der Waals surface area contributed by atoms with Crippen LogP contribution in [-0.4, -0.2) is 38.0 Å². The summed E-state index contributed by atoms with van der Waals surface area (Å²) >= 11 is 0. The van der Waals surface area contributed by atoms with Crippen molar-refractivity contribution in [3.8, 4) is 0 Å². The Labute approximate surface area is 110 Å². The van der Waals surface area contributed by atoms with Gasteiger partial charge in [-0.2, -0.15) is 0 Å². The highest BCUT2D eigenvalue weighted by atomic mass is 16.7. The van der Waals surface area contributed by atoms with E-state index in [1.807, 2.05) is 0 Å². The molecule has 2 unspecified atom stereocenters. The molecule has 4 heteroatoms. The van der Waals surface area contributed by atoms with Crippen molar-refractivity contribution >= 4 is 0 Å². The predicted molar refractivity (Wildman–Crippen MR) is 68.2 cm³/mol. The largest absolute Gasteiger partial charge is 0.348 e. The van der Waals surface area contributed by atoms with Gasteiger partial charge in [0.1, 0.15) is 0 Å². The minimum atomic E-state index is -0.492. The molecule has 0 bridgehead atoms. The first-order valence-electron chi connectivity index (χ1n) is 7.11. The van der Waals surface area contributed by atoms with Gasteiger partial charge in [0.05, 0.1) is 26.4 Å². The standard InChI is InChI=1S/C14H26O4/c1-5-11(13(3)15-7-8-16-13)12(6-2)14(4)17-9-10-18-14/h11-12H,5-10H2,1-4H3. The van der Waals surface area contributed by atoms with Gasteiger partial charge in [0.25, 0.3) is 0 Å². The average molecular weight is 258 g/mol. The summed E-state index contributed by atoms with van der Waals surface area (Å²) in [5.74, 6) is -0.414. The molecule has 0 aromatic rings. The van der Waals surface area contributed by atoms with Crippen LogP contribution in [0.4, 0.5) is 0 Å². The molecule has 0 saturated carbocycles. The molecule has 4 nitrogen and oxygen atoms in total. The van der Waals surface area contributed by atoms with Gasteiger partial charge >= 0.3 is 0 Å². The third-order valence-electron chi connectivity index (χ3n) is 4.43. The fourth-order valence-corrected chi connectivity index (χ4v) is 3.53. The zero-order valence-corrected chi connectivity index (χ0v) is 12.0. The maximum absolute atomic E-state index is 5.85. The Morgan fingerprint density at radius 3 is 1.22 bits per heavy atom. The Bertz CT molecular complexity index is 239. The summed E-state index contributed by atoms with van der Waals surface area (Å²) in [4.78, 5) is 0. The summed E-state index contributed by atoms with van der Waals surface area (Å²) < 4.78 is 23.4. The molecule has 0 radical (unpaired) electrons. The lowest BCUT2D eigenvalue weighted by molar-refractivity contribution is -0.253. The van der Waals surface area contributed by atoms with Gasteiger partial charge in [-0.1, -0.05) is 13.8 Å². The van der Waals surface area contributed by atoms with Crippen molar-refractivity contribution in [2.75, 3.05) is 26.4 Å². The second kappa shape index (κ2) is 5.45. The van der Waals surface area contributed by atoms with Crippen LogP contribution in [0.2, 0.25) is 0 Å². The summed E-state index contributed by atoms with van der Waals surface area (Å²) in [5.41, 5.74) is 0. The Hall–Kier alpha value is -0.160. The van der Waals surface area contributed by atoms with Crippen molar-refractivity contribution < 1.29 is 18.9 Å². The van der Waals surface area contributed by atoms with E-state index in [2.05, 4.69) is 27.7 Å². The van der Waals surface area contributed by atoms with Crippen molar-refractivity contribution in [1.29, 1.82) is 0 Å². The van der Waals surface area contributed by atoms with Crippen molar-refractivity contribution in [2.45, 2.75) is 52.1 Å². The Balaban J connectivity index is 2.18. The molecular weight excluding hydrogens is 232 g/mol. The lowest BCUT2D eigenvalue weighted by Gasteiger charge is -2.43. The second-order valence-corrected chi connectivity index (χ2v) is 5.46. The van der Waals surface area contributed by atoms with Gasteiger partial charge in [0.15, 0.2) is 11.6 Å². The molecule has 0 amide bonds. The van der Waals surface area contributed by atoms with Crippen LogP contribution in [0.15, 0.2) is 0 Å². The minimum Gasteiger partial charge on any atom is -0.348 e. The lowest BCUT2D eigenvalue weighted by atomic mass is 9.77. The fraction of sp³-hybridized carbons (Fsp3) is 1.00. The number of ether oxygens (including phenoxy) is 4. The van der Waals surface area contributed by atoms with Crippen LogP contribution in [0.5, 0.6) is 0 Å². The van der Waals surface area contributed by atoms with Gasteiger partial charge in [-0.25, -0.2) is 0 Å². The van der Waals surface area contributed by atoms with Crippen molar-refractivity contribution in [3.63, 3.8) is 0 Å². The normalized spacial score (nSPS) is 29.3. The molecule has 0 aromatic heterocycles. The zero-order chi connectivity index (χ0) is 13.2. The highest BCUT2D eigenvalue weighted by molar-refractivity contribution is 4.90. The van der Waals surface area contributed by atoms with Crippen molar-refractivity contribution in [2.24, 2.45) is 11.8 Å². The molecule has 2 heterocycles. The van der Waals surface area contributed by atoms with E-state index in [-0.39, 0.29) is 11.8 Å². The van der Waals surface area contributed by atoms with Gasteiger partial charge in [0.2, 0.25) is 0 Å². The second-order valence-electron chi connectivity index (χ2n) is 5.46. The zero-order valence-electron chi connectivity index (χ0n) is 12.0. The summed E-state index contributed by atoms with van der Waals surface area (Å²) in [6.45, 7) is 11.2. The van der Waals surface area contributed by atoms with E-state index in [0.717, 1.165) is 12.8 Å². The Kier molecular flexibility index (Phi) is 4.32. The molecule has 2 atom stereocenters. The average Bonchev–Trinajstić information content (AvgIpc) is 2.96. The van der Waals surface area contributed by atoms with E-state index in [4.69, 9.17) is 18.9 Å². The van der Waals surface area contributed by atoms with E-state index < -0.39 is 11.6 Å². The highest BCUT2D eigenvalue weighted by Crippen LogP contribution is 2.44. The topological polar surface area (TPSA) is 36.9 Å². The lowest BCUT2D eigenvalue weighted by Crippen LogP contribution is -2.49. The molecule has 106 valence electrons. The first kappa shape index (κ1) is 14.3. The number of hydrogen-bond donors (Lipinski definition) is 0. The molecule has 2 rings (SSSR count). The van der Waals surface area contributed by atoms with Crippen LogP contribution in [0.3, 0.4) is 0 Å². The van der Waals surface area contributed by atoms with E-state index in [0.29, 0.717) is 26.4 Å². The summed E-state index contributed by atoms with van der Waals surface area (Å²) in [6.07, 6.45) is 1.99. The van der Waals surface area contributed by atoms with Crippen LogP contribution in [0.1, 0.15) is 40.5 Å². The molecule has 0 aromatic carbocycles. The van der Waals surface area contributed by atoms with Gasteiger partial charge in [-0.15, -0.1) is 0 Å². The van der Waals surface area contributed by atoms with Gasteiger partial charge < -0.3 is 18.9 Å². The van der Waals surface area contributed by atoms with Crippen molar-refractivity contribution in [1.82, 2.24) is 0 Å². The highest BCUT2D eigenvalue weighted by Gasteiger charge is 2.50. The monoisotopic (exact) mass is 258 g/mol. The molecule has 0 N–H and O–H groups in total. The number of rotatable bonds is 5. The maximum Gasteiger partial charge on any atom is 0.168 e. The number of hydrogen-bond acceptors (Lipinski definition) is 4. The minimum absolute atomic E-state index is 0.285. The summed E-state index contributed by atoms with van der Waals surface area (Å²) in [7, 11) is 0. The van der Waals surface area contributed by atoms with Crippen LogP contribution >= 0.6 is 0 Å².